The third-order valence-corrected chi connectivity index (χ3v) is 8.46. The lowest BCUT2D eigenvalue weighted by atomic mass is 9.90. The maximum absolute atomic E-state index is 13.4. The second kappa shape index (κ2) is 17.9. The second-order valence-electron chi connectivity index (χ2n) is 11.8. The first-order chi connectivity index (χ1) is 20.9. The van der Waals surface area contributed by atoms with Gasteiger partial charge >= 0.3 is 0 Å². The number of Topliss-reactive ketones (excluding diaryl/α,β-unsaturated/α-hetero) is 1. The van der Waals surface area contributed by atoms with Gasteiger partial charge in [0.2, 0.25) is 5.91 Å². The Hall–Kier alpha value is -2.23. The summed E-state index contributed by atoms with van der Waals surface area (Å²) in [6.07, 6.45) is 16.1. The molecule has 2 aliphatic heterocycles. The van der Waals surface area contributed by atoms with E-state index in [2.05, 4.69) is 12.2 Å². The molecule has 8 nitrogen and oxygen atoms in total. The molecular weight excluding hydrogens is 570 g/mol. The molecule has 43 heavy (non-hydrogen) atoms. The molecule has 1 aromatic rings. The van der Waals surface area contributed by atoms with E-state index in [4.69, 9.17) is 35.3 Å². The molecule has 1 aliphatic carbocycles. The standard InChI is InChI=1S/C34H48ClNO7/c1-36(2)32(38)15-6-4-3-5-14-29-28(30(37)23-31(29)43-34-17-8-10-21-40-34)19-18-27(42-33-16-7-9-20-39-33)24-41-26-13-11-12-25(35)22-26/h3,5,11-13,18-19,22,27-29,31,33-34H,4,6-10,14-17,20-21,23-24H2,1-2H3/b5-3-,19-18+/t27-,28-,29-,31+,33?,34?/m1/s1. The van der Waals surface area contributed by atoms with E-state index < -0.39 is 6.10 Å². The van der Waals surface area contributed by atoms with E-state index in [9.17, 15) is 9.59 Å². The van der Waals surface area contributed by atoms with Crippen molar-refractivity contribution in [3.8, 4) is 5.75 Å². The van der Waals surface area contributed by atoms with Crippen LogP contribution in [-0.2, 0) is 28.5 Å². The third kappa shape index (κ3) is 11.3. The van der Waals surface area contributed by atoms with Crippen LogP contribution in [0.1, 0.15) is 70.6 Å². The van der Waals surface area contributed by atoms with Gasteiger partial charge in [0.1, 0.15) is 24.2 Å². The van der Waals surface area contributed by atoms with Crippen LogP contribution in [0.15, 0.2) is 48.6 Å². The molecule has 238 valence electrons. The van der Waals surface area contributed by atoms with Gasteiger partial charge in [-0.3, -0.25) is 9.59 Å². The summed E-state index contributed by atoms with van der Waals surface area (Å²) >= 11 is 6.15. The zero-order valence-corrected chi connectivity index (χ0v) is 26.4. The number of hydrogen-bond donors (Lipinski definition) is 0. The van der Waals surface area contributed by atoms with Crippen LogP contribution >= 0.6 is 11.6 Å². The van der Waals surface area contributed by atoms with Crippen molar-refractivity contribution in [1.82, 2.24) is 4.90 Å². The van der Waals surface area contributed by atoms with Crippen molar-refractivity contribution in [2.45, 2.75) is 95.4 Å². The van der Waals surface area contributed by atoms with Crippen LogP contribution in [0, 0.1) is 11.8 Å². The van der Waals surface area contributed by atoms with Crippen molar-refractivity contribution in [3.05, 3.63) is 53.6 Å². The summed E-state index contributed by atoms with van der Waals surface area (Å²) in [6.45, 7) is 1.64. The number of halogens is 1. The SMILES string of the molecule is CN(C)C(=O)CCC/C=C\C[C@H]1[C@@H](OC2CCCCO2)CC(=O)[C@@H]1/C=C/[C@H](COc1cccc(Cl)c1)OC1CCCCO1. The third-order valence-electron chi connectivity index (χ3n) is 8.22. The maximum atomic E-state index is 13.4. The van der Waals surface area contributed by atoms with E-state index in [0.29, 0.717) is 43.2 Å². The quantitative estimate of drug-likeness (QED) is 0.164. The molecule has 1 aromatic carbocycles. The molecule has 0 spiro atoms. The molecule has 0 aromatic heterocycles. The number of hydrogen-bond acceptors (Lipinski definition) is 7. The van der Waals surface area contributed by atoms with Gasteiger partial charge in [0, 0.05) is 57.0 Å². The first kappa shape index (κ1) is 33.7. The van der Waals surface area contributed by atoms with Crippen LogP contribution in [0.3, 0.4) is 0 Å². The van der Waals surface area contributed by atoms with Crippen molar-refractivity contribution in [2.24, 2.45) is 11.8 Å². The molecule has 6 atom stereocenters. The van der Waals surface area contributed by atoms with Gasteiger partial charge in [-0.1, -0.05) is 42.0 Å². The lowest BCUT2D eigenvalue weighted by Gasteiger charge is -2.29. The Morgan fingerprint density at radius 1 is 1.09 bits per heavy atom. The van der Waals surface area contributed by atoms with Crippen LogP contribution in [0.25, 0.3) is 0 Å². The molecule has 1 amide bonds. The second-order valence-corrected chi connectivity index (χ2v) is 12.3. The highest BCUT2D eigenvalue weighted by atomic mass is 35.5. The lowest BCUT2D eigenvalue weighted by Crippen LogP contribution is -2.31. The van der Waals surface area contributed by atoms with Gasteiger partial charge in [-0.25, -0.2) is 0 Å². The molecule has 9 heteroatoms. The molecule has 3 fully saturated rings. The predicted molar refractivity (Wildman–Crippen MR) is 166 cm³/mol. The Labute approximate surface area is 261 Å². The topological polar surface area (TPSA) is 83.5 Å². The van der Waals surface area contributed by atoms with Gasteiger partial charge < -0.3 is 28.6 Å². The molecule has 4 rings (SSSR count). The monoisotopic (exact) mass is 617 g/mol. The normalized spacial score (nSPS) is 27.1. The number of ether oxygens (including phenoxy) is 5. The van der Waals surface area contributed by atoms with Crippen LogP contribution < -0.4 is 4.74 Å². The molecule has 2 heterocycles. The van der Waals surface area contributed by atoms with Gasteiger partial charge in [0.15, 0.2) is 12.6 Å². The van der Waals surface area contributed by atoms with E-state index in [0.717, 1.165) is 51.4 Å². The largest absolute Gasteiger partial charge is 0.490 e. The van der Waals surface area contributed by atoms with Crippen LogP contribution in [-0.4, -0.2) is 75.3 Å². The van der Waals surface area contributed by atoms with E-state index in [-0.39, 0.29) is 48.8 Å². The zero-order chi connectivity index (χ0) is 30.4. The molecule has 1 saturated carbocycles. The number of ketones is 1. The number of unbranched alkanes of at least 4 members (excludes halogenated alkanes) is 1. The Kier molecular flexibility index (Phi) is 14.0. The highest BCUT2D eigenvalue weighted by molar-refractivity contribution is 6.30. The summed E-state index contributed by atoms with van der Waals surface area (Å²) in [4.78, 5) is 26.9. The molecule has 2 unspecified atom stereocenters. The Morgan fingerprint density at radius 3 is 2.56 bits per heavy atom. The molecule has 0 radical (unpaired) electrons. The van der Waals surface area contributed by atoms with E-state index >= 15 is 0 Å². The van der Waals surface area contributed by atoms with Gasteiger partial charge in [-0.2, -0.15) is 0 Å². The van der Waals surface area contributed by atoms with Gasteiger partial charge in [0.05, 0.1) is 6.10 Å². The van der Waals surface area contributed by atoms with Crippen LogP contribution in [0.2, 0.25) is 5.02 Å². The smallest absolute Gasteiger partial charge is 0.222 e. The summed E-state index contributed by atoms with van der Waals surface area (Å²) in [7, 11) is 3.56. The van der Waals surface area contributed by atoms with Crippen molar-refractivity contribution >= 4 is 23.3 Å². The fourth-order valence-electron chi connectivity index (χ4n) is 5.77. The molecule has 3 aliphatic rings. The van der Waals surface area contributed by atoms with Crippen molar-refractivity contribution in [2.75, 3.05) is 33.9 Å². The summed E-state index contributed by atoms with van der Waals surface area (Å²) in [5, 5.41) is 0.603. The van der Waals surface area contributed by atoms with Gasteiger partial charge in [-0.05, 0) is 76.0 Å². The van der Waals surface area contributed by atoms with Crippen LogP contribution in [0.5, 0.6) is 5.75 Å². The Bertz CT molecular complexity index is 1060. The van der Waals surface area contributed by atoms with Crippen molar-refractivity contribution in [3.63, 3.8) is 0 Å². The van der Waals surface area contributed by atoms with Crippen molar-refractivity contribution < 1.29 is 33.3 Å². The number of carbonyl (C=O) groups excluding carboxylic acids is 2. The highest BCUT2D eigenvalue weighted by Gasteiger charge is 2.42. The van der Waals surface area contributed by atoms with E-state index in [1.807, 2.05) is 24.3 Å². The molecule has 0 bridgehead atoms. The number of nitrogens with zero attached hydrogens (tertiary/aromatic N) is 1. The van der Waals surface area contributed by atoms with Crippen LogP contribution in [0.4, 0.5) is 0 Å². The number of rotatable bonds is 15. The fourth-order valence-corrected chi connectivity index (χ4v) is 5.95. The molecule has 0 N–H and O–H groups in total. The number of allylic oxidation sites excluding steroid dienone is 3. The summed E-state index contributed by atoms with van der Waals surface area (Å²) in [5.74, 6) is 0.630. The number of benzene rings is 1. The molecule has 2 saturated heterocycles. The van der Waals surface area contributed by atoms with E-state index in [1.165, 1.54) is 0 Å². The Morgan fingerprint density at radius 2 is 1.86 bits per heavy atom. The maximum Gasteiger partial charge on any atom is 0.222 e. The predicted octanol–water partition coefficient (Wildman–Crippen LogP) is 6.51. The molecular formula is C34H48ClNO7. The summed E-state index contributed by atoms with van der Waals surface area (Å²) in [6, 6.07) is 7.28. The van der Waals surface area contributed by atoms with Crippen molar-refractivity contribution in [1.29, 1.82) is 0 Å². The minimum absolute atomic E-state index is 0.0191. The first-order valence-corrected chi connectivity index (χ1v) is 16.3. The Balaban J connectivity index is 1.43. The minimum atomic E-state index is -0.401. The summed E-state index contributed by atoms with van der Waals surface area (Å²) < 4.78 is 30.4. The average molecular weight is 618 g/mol. The zero-order valence-electron chi connectivity index (χ0n) is 25.7. The average Bonchev–Trinajstić information content (AvgIpc) is 3.30. The lowest BCUT2D eigenvalue weighted by molar-refractivity contribution is -0.195. The highest BCUT2D eigenvalue weighted by Crippen LogP contribution is 2.37. The number of amides is 1. The minimum Gasteiger partial charge on any atom is -0.490 e. The summed E-state index contributed by atoms with van der Waals surface area (Å²) in [5.41, 5.74) is 0. The van der Waals surface area contributed by atoms with Gasteiger partial charge in [-0.15, -0.1) is 0 Å². The van der Waals surface area contributed by atoms with E-state index in [1.54, 1.807) is 31.1 Å². The van der Waals surface area contributed by atoms with Gasteiger partial charge in [0.25, 0.3) is 0 Å². The fraction of sp³-hybridized carbons (Fsp3) is 0.647. The number of carbonyl (C=O) groups is 2. The first-order valence-electron chi connectivity index (χ1n) is 15.9.